The molecule has 1 saturated heterocycles. The number of ether oxygens (including phenoxy) is 1. The van der Waals surface area contributed by atoms with Crippen molar-refractivity contribution in [2.45, 2.75) is 44.5 Å². The van der Waals surface area contributed by atoms with E-state index in [2.05, 4.69) is 20.4 Å². The minimum absolute atomic E-state index is 0.0100. The largest absolute Gasteiger partial charge is 0.480 e. The van der Waals surface area contributed by atoms with E-state index in [9.17, 15) is 22.7 Å². The molecule has 2 bridgehead atoms. The molecule has 13 heteroatoms. The van der Waals surface area contributed by atoms with E-state index in [0.717, 1.165) is 19.0 Å². The van der Waals surface area contributed by atoms with E-state index in [1.54, 1.807) is 13.8 Å². The molecule has 3 atom stereocenters. The van der Waals surface area contributed by atoms with Gasteiger partial charge in [0.15, 0.2) is 23.8 Å². The Labute approximate surface area is 209 Å². The van der Waals surface area contributed by atoms with Crippen molar-refractivity contribution in [1.82, 2.24) is 19.6 Å². The van der Waals surface area contributed by atoms with Crippen molar-refractivity contribution < 1.29 is 27.4 Å². The molecule has 0 spiro atoms. The van der Waals surface area contributed by atoms with Gasteiger partial charge in [-0.3, -0.25) is 0 Å². The zero-order valence-electron chi connectivity index (χ0n) is 19.6. The third-order valence-electron chi connectivity index (χ3n) is 6.74. The number of pyridine rings is 2. The van der Waals surface area contributed by atoms with Crippen molar-refractivity contribution in [3.8, 4) is 5.75 Å². The van der Waals surface area contributed by atoms with E-state index in [-0.39, 0.29) is 40.4 Å². The number of piperidine rings is 1. The number of hydrogen-bond donors (Lipinski definition) is 2. The topological polar surface area (TPSA) is 87.8 Å². The van der Waals surface area contributed by atoms with Gasteiger partial charge < -0.3 is 20.1 Å². The molecule has 2 aliphatic rings. The minimum Gasteiger partial charge on any atom is -0.480 e. The second-order valence-electron chi connectivity index (χ2n) is 9.85. The third kappa shape index (κ3) is 4.88. The first-order valence-corrected chi connectivity index (χ1v) is 11.9. The zero-order valence-corrected chi connectivity index (χ0v) is 20.3. The van der Waals surface area contributed by atoms with Crippen LogP contribution >= 0.6 is 11.6 Å². The van der Waals surface area contributed by atoms with E-state index < -0.39 is 24.2 Å². The van der Waals surface area contributed by atoms with Gasteiger partial charge >= 0.3 is 6.18 Å². The summed E-state index contributed by atoms with van der Waals surface area (Å²) >= 11 is 5.98. The Kier molecular flexibility index (Phi) is 6.14. The average Bonchev–Trinajstić information content (AvgIpc) is 3.29. The van der Waals surface area contributed by atoms with Crippen LogP contribution in [0.25, 0.3) is 5.65 Å². The fraction of sp³-hybridized carbons (Fsp3) is 0.522. The van der Waals surface area contributed by atoms with Crippen LogP contribution in [0.2, 0.25) is 5.15 Å². The van der Waals surface area contributed by atoms with Crippen LogP contribution in [0.1, 0.15) is 32.4 Å². The molecule has 0 radical (unpaired) electrons. The van der Waals surface area contributed by atoms with Crippen molar-refractivity contribution in [3.63, 3.8) is 0 Å². The normalized spacial score (nSPS) is 22.3. The molecule has 1 saturated carbocycles. The molecule has 3 aromatic heterocycles. The maximum atomic E-state index is 14.4. The maximum absolute atomic E-state index is 14.4. The van der Waals surface area contributed by atoms with Crippen LogP contribution in [0.4, 0.5) is 29.2 Å². The maximum Gasteiger partial charge on any atom is 0.422 e. The smallest absolute Gasteiger partial charge is 0.422 e. The Hall–Kier alpha value is -2.86. The van der Waals surface area contributed by atoms with Gasteiger partial charge in [-0.15, -0.1) is 5.10 Å². The molecule has 0 amide bonds. The molecule has 36 heavy (non-hydrogen) atoms. The number of hydrogen-bond acceptors (Lipinski definition) is 7. The number of aromatic nitrogens is 4. The fourth-order valence-corrected chi connectivity index (χ4v) is 5.34. The van der Waals surface area contributed by atoms with E-state index in [1.165, 1.54) is 22.7 Å². The predicted octanol–water partition coefficient (Wildman–Crippen LogP) is 4.41. The van der Waals surface area contributed by atoms with Crippen molar-refractivity contribution >= 4 is 28.9 Å². The van der Waals surface area contributed by atoms with Crippen LogP contribution in [-0.4, -0.2) is 56.6 Å². The van der Waals surface area contributed by atoms with Gasteiger partial charge in [-0.25, -0.2) is 13.9 Å². The van der Waals surface area contributed by atoms with Gasteiger partial charge in [0.1, 0.15) is 10.8 Å². The first-order chi connectivity index (χ1) is 16.9. The molecule has 8 nitrogen and oxygen atoms in total. The molecule has 3 aromatic rings. The highest BCUT2D eigenvalue weighted by molar-refractivity contribution is 6.29. The Balaban J connectivity index is 1.41. The molecule has 1 aliphatic heterocycles. The summed E-state index contributed by atoms with van der Waals surface area (Å²) in [7, 11) is 0. The average molecular weight is 529 g/mol. The molecule has 0 aromatic carbocycles. The third-order valence-corrected chi connectivity index (χ3v) is 6.95. The molecule has 0 unspecified atom stereocenters. The van der Waals surface area contributed by atoms with Crippen LogP contribution < -0.4 is 15.0 Å². The van der Waals surface area contributed by atoms with E-state index in [1.807, 2.05) is 4.90 Å². The van der Waals surface area contributed by atoms with Gasteiger partial charge in [0.25, 0.3) is 0 Å². The highest BCUT2D eigenvalue weighted by Crippen LogP contribution is 2.41. The van der Waals surface area contributed by atoms with Crippen LogP contribution in [0.5, 0.6) is 5.75 Å². The van der Waals surface area contributed by atoms with Crippen LogP contribution in [0, 0.1) is 17.7 Å². The van der Waals surface area contributed by atoms with Gasteiger partial charge in [0.05, 0.1) is 17.6 Å². The lowest BCUT2D eigenvalue weighted by Crippen LogP contribution is -2.48. The van der Waals surface area contributed by atoms with Gasteiger partial charge in [0, 0.05) is 25.2 Å². The van der Waals surface area contributed by atoms with Crippen LogP contribution in [0.15, 0.2) is 24.4 Å². The number of nitrogens with one attached hydrogen (secondary N) is 1. The molecule has 5 rings (SSSR count). The summed E-state index contributed by atoms with van der Waals surface area (Å²) in [6.07, 6.45) is -1.56. The number of anilines is 2. The van der Waals surface area contributed by atoms with E-state index in [0.29, 0.717) is 24.5 Å². The Bertz CT molecular complexity index is 1260. The molecule has 4 heterocycles. The summed E-state index contributed by atoms with van der Waals surface area (Å²) in [5, 5.41) is 18.6. The molecular weight excluding hydrogens is 504 g/mol. The highest BCUT2D eigenvalue weighted by atomic mass is 35.5. The SMILES string of the molecule is CC(C)(O)c1ccc(OCC(F)(F)F)c2nc(N[C@@H]3[C@@H]4CC[C@H]3CN(c3cc(Cl)ncc3F)C4)nn12. The number of rotatable bonds is 6. The molecular formula is C23H25ClF4N6O2. The summed E-state index contributed by atoms with van der Waals surface area (Å²) < 4.78 is 59.0. The van der Waals surface area contributed by atoms with Gasteiger partial charge in [-0.2, -0.15) is 18.2 Å². The summed E-state index contributed by atoms with van der Waals surface area (Å²) in [4.78, 5) is 10.2. The van der Waals surface area contributed by atoms with Crippen molar-refractivity contribution in [2.24, 2.45) is 11.8 Å². The Morgan fingerprint density at radius 2 is 1.89 bits per heavy atom. The summed E-state index contributed by atoms with van der Waals surface area (Å²) in [6, 6.07) is 4.33. The predicted molar refractivity (Wildman–Crippen MR) is 125 cm³/mol. The van der Waals surface area contributed by atoms with E-state index in [4.69, 9.17) is 16.3 Å². The van der Waals surface area contributed by atoms with Crippen molar-refractivity contribution in [3.05, 3.63) is 41.1 Å². The van der Waals surface area contributed by atoms with E-state index >= 15 is 0 Å². The first kappa shape index (κ1) is 24.8. The monoisotopic (exact) mass is 528 g/mol. The lowest BCUT2D eigenvalue weighted by atomic mass is 9.92. The standard InChI is InChI=1S/C23H25ClF4N6O2/c1-22(2,35)17-6-5-16(36-11-23(26,27)28)20-31-21(32-34(17)20)30-19-12-3-4-13(19)10-33(9-12)15-7-18(24)29-8-14(15)25/h5-8,12-13,19,35H,3-4,9-11H2,1-2H3,(H,30,32)/t12-,13+,19-. The van der Waals surface area contributed by atoms with Crippen LogP contribution in [-0.2, 0) is 5.60 Å². The number of aliphatic hydroxyl groups is 1. The molecule has 2 fully saturated rings. The number of nitrogens with zero attached hydrogens (tertiary/aromatic N) is 5. The fourth-order valence-electron chi connectivity index (χ4n) is 5.19. The highest BCUT2D eigenvalue weighted by Gasteiger charge is 2.43. The lowest BCUT2D eigenvalue weighted by molar-refractivity contribution is -0.153. The number of alkyl halides is 3. The van der Waals surface area contributed by atoms with Crippen molar-refractivity contribution in [2.75, 3.05) is 29.9 Å². The quantitative estimate of drug-likeness (QED) is 0.362. The second-order valence-corrected chi connectivity index (χ2v) is 10.2. The number of halogens is 5. The summed E-state index contributed by atoms with van der Waals surface area (Å²) in [6.45, 7) is 2.81. The van der Waals surface area contributed by atoms with Gasteiger partial charge in [-0.05, 0) is 50.7 Å². The summed E-state index contributed by atoms with van der Waals surface area (Å²) in [5.74, 6) is 0.0197. The van der Waals surface area contributed by atoms with Gasteiger partial charge in [-0.1, -0.05) is 11.6 Å². The summed E-state index contributed by atoms with van der Waals surface area (Å²) in [5.41, 5.74) is -0.496. The molecule has 1 aliphatic carbocycles. The lowest BCUT2D eigenvalue weighted by Gasteiger charge is -2.39. The first-order valence-electron chi connectivity index (χ1n) is 11.5. The Morgan fingerprint density at radius 3 is 2.53 bits per heavy atom. The number of fused-ring (bicyclic) bond motifs is 3. The van der Waals surface area contributed by atoms with Crippen LogP contribution in [0.3, 0.4) is 0 Å². The zero-order chi connectivity index (χ0) is 25.8. The minimum atomic E-state index is -4.52. The second kappa shape index (κ2) is 8.91. The van der Waals surface area contributed by atoms with Gasteiger partial charge in [0.2, 0.25) is 5.95 Å². The van der Waals surface area contributed by atoms with Crippen molar-refractivity contribution in [1.29, 1.82) is 0 Å². The Morgan fingerprint density at radius 1 is 1.19 bits per heavy atom. The molecule has 2 N–H and O–H groups in total. The molecule has 194 valence electrons.